The topological polar surface area (TPSA) is 56.0 Å². The van der Waals surface area contributed by atoms with Crippen molar-refractivity contribution in [2.75, 3.05) is 52.4 Å². The van der Waals surface area contributed by atoms with Gasteiger partial charge in [-0.05, 0) is 83.3 Å². The first kappa shape index (κ1) is 23.9. The Morgan fingerprint density at radius 3 is 2.55 bits per heavy atom. The number of guanidine groups is 1. The minimum atomic E-state index is -4.10. The van der Waals surface area contributed by atoms with Gasteiger partial charge in [0.25, 0.3) is 0 Å². The lowest BCUT2D eigenvalue weighted by atomic mass is 9.93. The maximum Gasteiger partial charge on any atom is 0.401 e. The quantitative estimate of drug-likeness (QED) is 0.451. The molecular weight excluding hydrogens is 407 g/mol. The van der Waals surface area contributed by atoms with Crippen LogP contribution in [0.2, 0.25) is 0 Å². The minimum Gasteiger partial charge on any atom is -0.468 e. The molecule has 2 aliphatic rings. The van der Waals surface area contributed by atoms with E-state index in [-0.39, 0.29) is 6.04 Å². The molecule has 2 aliphatic heterocycles. The van der Waals surface area contributed by atoms with Crippen LogP contribution in [-0.4, -0.2) is 74.3 Å². The average Bonchev–Trinajstić information content (AvgIpc) is 3.43. The van der Waals surface area contributed by atoms with E-state index in [9.17, 15) is 13.2 Å². The second kappa shape index (κ2) is 11.8. The molecule has 0 aromatic carbocycles. The fraction of sp³-hybridized carbons (Fsp3) is 0.773. The summed E-state index contributed by atoms with van der Waals surface area (Å²) in [5.41, 5.74) is 0. The van der Waals surface area contributed by atoms with Gasteiger partial charge >= 0.3 is 6.18 Å². The van der Waals surface area contributed by atoms with Crippen molar-refractivity contribution in [2.24, 2.45) is 10.9 Å². The van der Waals surface area contributed by atoms with Gasteiger partial charge in [0, 0.05) is 13.1 Å². The summed E-state index contributed by atoms with van der Waals surface area (Å²) in [4.78, 5) is 8.76. The van der Waals surface area contributed by atoms with Crippen LogP contribution in [0.5, 0.6) is 0 Å². The van der Waals surface area contributed by atoms with Gasteiger partial charge in [0.2, 0.25) is 0 Å². The molecular formula is C22H36F3N5O. The van der Waals surface area contributed by atoms with Crippen LogP contribution in [0.3, 0.4) is 0 Å². The van der Waals surface area contributed by atoms with Gasteiger partial charge in [-0.1, -0.05) is 0 Å². The third-order valence-electron chi connectivity index (χ3n) is 6.17. The highest BCUT2D eigenvalue weighted by molar-refractivity contribution is 5.79. The molecule has 0 bridgehead atoms. The SMILES string of the molecule is CCNC(=NCC(c1ccco1)N1CCCC1)NCCC1CCN(CC(F)(F)F)CC1. The van der Waals surface area contributed by atoms with Gasteiger partial charge in [0.15, 0.2) is 5.96 Å². The first-order chi connectivity index (χ1) is 14.9. The number of nitrogens with one attached hydrogen (secondary N) is 2. The summed E-state index contributed by atoms with van der Waals surface area (Å²) in [5, 5.41) is 6.71. The van der Waals surface area contributed by atoms with Gasteiger partial charge < -0.3 is 15.1 Å². The molecule has 0 amide bonds. The lowest BCUT2D eigenvalue weighted by molar-refractivity contribution is -0.148. The Hall–Kier alpha value is -1.74. The predicted octanol–water partition coefficient (Wildman–Crippen LogP) is 3.64. The minimum absolute atomic E-state index is 0.144. The maximum atomic E-state index is 12.5. The molecule has 0 aliphatic carbocycles. The second-order valence-electron chi connectivity index (χ2n) is 8.54. The zero-order valence-electron chi connectivity index (χ0n) is 18.5. The Morgan fingerprint density at radius 1 is 1.19 bits per heavy atom. The van der Waals surface area contributed by atoms with Gasteiger partial charge in [0.1, 0.15) is 5.76 Å². The third-order valence-corrected chi connectivity index (χ3v) is 6.17. The normalized spacial score (nSPS) is 20.8. The summed E-state index contributed by atoms with van der Waals surface area (Å²) in [6, 6.07) is 4.08. The Bertz CT molecular complexity index is 651. The Kier molecular flexibility index (Phi) is 9.07. The highest BCUT2D eigenvalue weighted by atomic mass is 19.4. The van der Waals surface area contributed by atoms with E-state index in [0.29, 0.717) is 25.6 Å². The Labute approximate surface area is 183 Å². The van der Waals surface area contributed by atoms with Crippen molar-refractivity contribution < 1.29 is 17.6 Å². The molecule has 0 spiro atoms. The van der Waals surface area contributed by atoms with E-state index in [4.69, 9.17) is 9.41 Å². The van der Waals surface area contributed by atoms with E-state index >= 15 is 0 Å². The Morgan fingerprint density at radius 2 is 1.94 bits per heavy atom. The van der Waals surface area contributed by atoms with Crippen LogP contribution in [0.4, 0.5) is 13.2 Å². The standard InChI is InChI=1S/C22H36F3N5O/c1-2-26-21(27-10-7-18-8-13-29(14-9-18)17-22(23,24)25)28-16-19(20-6-5-15-31-20)30-11-3-4-12-30/h5-6,15,18-19H,2-4,7-14,16-17H2,1H3,(H2,26,27,28). The first-order valence-corrected chi connectivity index (χ1v) is 11.5. The maximum absolute atomic E-state index is 12.5. The average molecular weight is 444 g/mol. The van der Waals surface area contributed by atoms with Gasteiger partial charge in [0.05, 0.1) is 25.4 Å². The molecule has 0 saturated carbocycles. The number of halogens is 3. The van der Waals surface area contributed by atoms with E-state index in [1.54, 1.807) is 6.26 Å². The number of furan rings is 1. The highest BCUT2D eigenvalue weighted by Crippen LogP contribution is 2.26. The van der Waals surface area contributed by atoms with Gasteiger partial charge in [-0.15, -0.1) is 0 Å². The molecule has 2 N–H and O–H groups in total. The molecule has 3 rings (SSSR count). The van der Waals surface area contributed by atoms with Crippen LogP contribution in [0.1, 0.15) is 50.8 Å². The van der Waals surface area contributed by atoms with Gasteiger partial charge in [-0.25, -0.2) is 0 Å². The van der Waals surface area contributed by atoms with Crippen molar-refractivity contribution >= 4 is 5.96 Å². The fourth-order valence-electron chi connectivity index (χ4n) is 4.52. The van der Waals surface area contributed by atoms with Crippen molar-refractivity contribution in [3.63, 3.8) is 0 Å². The highest BCUT2D eigenvalue weighted by Gasteiger charge is 2.32. The fourth-order valence-corrected chi connectivity index (χ4v) is 4.52. The molecule has 0 radical (unpaired) electrons. The number of alkyl halides is 3. The van der Waals surface area contributed by atoms with Crippen LogP contribution in [0.25, 0.3) is 0 Å². The van der Waals surface area contributed by atoms with Crippen LogP contribution in [0.15, 0.2) is 27.8 Å². The van der Waals surface area contributed by atoms with E-state index in [0.717, 1.165) is 57.2 Å². The van der Waals surface area contributed by atoms with Crippen molar-refractivity contribution in [3.05, 3.63) is 24.2 Å². The van der Waals surface area contributed by atoms with E-state index in [1.807, 2.05) is 19.1 Å². The van der Waals surface area contributed by atoms with Crippen LogP contribution in [0, 0.1) is 5.92 Å². The van der Waals surface area contributed by atoms with Crippen LogP contribution >= 0.6 is 0 Å². The van der Waals surface area contributed by atoms with E-state index in [2.05, 4.69) is 15.5 Å². The van der Waals surface area contributed by atoms with Crippen LogP contribution in [-0.2, 0) is 0 Å². The molecule has 1 unspecified atom stereocenters. The summed E-state index contributed by atoms with van der Waals surface area (Å²) < 4.78 is 43.3. The molecule has 2 fully saturated rings. The molecule has 9 heteroatoms. The number of nitrogens with zero attached hydrogens (tertiary/aromatic N) is 3. The lowest BCUT2D eigenvalue weighted by Crippen LogP contribution is -2.42. The molecule has 1 aromatic rings. The largest absolute Gasteiger partial charge is 0.468 e. The molecule has 2 saturated heterocycles. The number of piperidine rings is 1. The van der Waals surface area contributed by atoms with E-state index < -0.39 is 12.7 Å². The number of aliphatic imine (C=N–C) groups is 1. The third kappa shape index (κ3) is 8.03. The number of hydrogen-bond donors (Lipinski definition) is 2. The smallest absolute Gasteiger partial charge is 0.401 e. The number of likely N-dealkylation sites (tertiary alicyclic amines) is 2. The van der Waals surface area contributed by atoms with Crippen molar-refractivity contribution in [3.8, 4) is 0 Å². The molecule has 1 aromatic heterocycles. The zero-order chi connectivity index (χ0) is 22.1. The van der Waals surface area contributed by atoms with Gasteiger partial charge in [-0.3, -0.25) is 14.8 Å². The molecule has 6 nitrogen and oxygen atoms in total. The van der Waals surface area contributed by atoms with Crippen molar-refractivity contribution in [1.29, 1.82) is 0 Å². The molecule has 31 heavy (non-hydrogen) atoms. The molecule has 3 heterocycles. The summed E-state index contributed by atoms with van der Waals surface area (Å²) in [6.45, 7) is 6.61. The van der Waals surface area contributed by atoms with Crippen molar-refractivity contribution in [1.82, 2.24) is 20.4 Å². The van der Waals surface area contributed by atoms with Gasteiger partial charge in [-0.2, -0.15) is 13.2 Å². The second-order valence-corrected chi connectivity index (χ2v) is 8.54. The molecule has 176 valence electrons. The van der Waals surface area contributed by atoms with Crippen molar-refractivity contribution in [2.45, 2.75) is 51.2 Å². The summed E-state index contributed by atoms with van der Waals surface area (Å²) in [6.07, 6.45) is 2.61. The molecule has 1 atom stereocenters. The van der Waals surface area contributed by atoms with E-state index in [1.165, 1.54) is 17.7 Å². The summed E-state index contributed by atoms with van der Waals surface area (Å²) in [7, 11) is 0. The Balaban J connectivity index is 1.45. The number of hydrogen-bond acceptors (Lipinski definition) is 4. The first-order valence-electron chi connectivity index (χ1n) is 11.5. The number of rotatable bonds is 9. The summed E-state index contributed by atoms with van der Waals surface area (Å²) in [5.74, 6) is 2.19. The predicted molar refractivity (Wildman–Crippen MR) is 116 cm³/mol. The monoisotopic (exact) mass is 443 g/mol. The summed E-state index contributed by atoms with van der Waals surface area (Å²) >= 11 is 0. The lowest BCUT2D eigenvalue weighted by Gasteiger charge is -2.32. The zero-order valence-corrected chi connectivity index (χ0v) is 18.5. The van der Waals surface area contributed by atoms with Crippen LogP contribution < -0.4 is 10.6 Å².